The van der Waals surface area contributed by atoms with E-state index in [4.69, 9.17) is 4.74 Å². The molecular formula is C17H20N2O. The van der Waals surface area contributed by atoms with Gasteiger partial charge in [0.05, 0.1) is 12.3 Å². The summed E-state index contributed by atoms with van der Waals surface area (Å²) < 4.78 is 5.87. The number of nitrogens with zero attached hydrogens (tertiary/aromatic N) is 2. The van der Waals surface area contributed by atoms with E-state index in [0.717, 1.165) is 31.9 Å². The van der Waals surface area contributed by atoms with Crippen LogP contribution in [0.15, 0.2) is 48.7 Å². The van der Waals surface area contributed by atoms with Gasteiger partial charge in [-0.1, -0.05) is 36.4 Å². The minimum absolute atomic E-state index is 0.0908. The predicted molar refractivity (Wildman–Crippen MR) is 79.4 cm³/mol. The van der Waals surface area contributed by atoms with Gasteiger partial charge in [-0.15, -0.1) is 0 Å². The number of benzene rings is 1. The second kappa shape index (κ2) is 6.16. The first-order chi connectivity index (χ1) is 9.81. The van der Waals surface area contributed by atoms with E-state index >= 15 is 0 Å². The van der Waals surface area contributed by atoms with Gasteiger partial charge in [0, 0.05) is 25.8 Å². The maximum atomic E-state index is 5.87. The highest BCUT2D eigenvalue weighted by molar-refractivity contribution is 5.16. The standard InChI is InChI=1S/C17H20N2O/c1-14-7-8-16(18-11-14)17-13-19(9-10-20-17)12-15-5-3-2-4-6-15/h2-8,11,17H,9-10,12-13H2,1H3. The fraction of sp³-hybridized carbons (Fsp3) is 0.353. The lowest BCUT2D eigenvalue weighted by Crippen LogP contribution is -2.38. The van der Waals surface area contributed by atoms with Crippen molar-refractivity contribution in [3.05, 3.63) is 65.5 Å². The number of hydrogen-bond donors (Lipinski definition) is 0. The number of morpholine rings is 1. The van der Waals surface area contributed by atoms with Crippen molar-refractivity contribution in [2.24, 2.45) is 0 Å². The van der Waals surface area contributed by atoms with Crippen molar-refractivity contribution in [1.82, 2.24) is 9.88 Å². The van der Waals surface area contributed by atoms with Gasteiger partial charge in [0.15, 0.2) is 0 Å². The molecule has 1 aliphatic heterocycles. The summed E-state index contributed by atoms with van der Waals surface area (Å²) in [6.07, 6.45) is 2.00. The summed E-state index contributed by atoms with van der Waals surface area (Å²) >= 11 is 0. The number of hydrogen-bond acceptors (Lipinski definition) is 3. The van der Waals surface area contributed by atoms with Crippen LogP contribution < -0.4 is 0 Å². The summed E-state index contributed by atoms with van der Waals surface area (Å²) in [7, 11) is 0. The molecule has 1 unspecified atom stereocenters. The molecule has 0 N–H and O–H groups in total. The zero-order valence-electron chi connectivity index (χ0n) is 11.8. The summed E-state index contributed by atoms with van der Waals surface area (Å²) in [4.78, 5) is 6.93. The molecule has 0 amide bonds. The highest BCUT2D eigenvalue weighted by atomic mass is 16.5. The number of rotatable bonds is 3. The summed E-state index contributed by atoms with van der Waals surface area (Å²) in [6.45, 7) is 5.70. The Balaban J connectivity index is 1.66. The topological polar surface area (TPSA) is 25.4 Å². The van der Waals surface area contributed by atoms with Crippen molar-refractivity contribution >= 4 is 0 Å². The number of aryl methyl sites for hydroxylation is 1. The summed E-state index contributed by atoms with van der Waals surface area (Å²) in [5, 5.41) is 0. The summed E-state index contributed by atoms with van der Waals surface area (Å²) in [5.74, 6) is 0. The maximum Gasteiger partial charge on any atom is 0.112 e. The van der Waals surface area contributed by atoms with Crippen LogP contribution in [-0.4, -0.2) is 29.6 Å². The molecule has 0 bridgehead atoms. The average molecular weight is 268 g/mol. The second-order valence-corrected chi connectivity index (χ2v) is 5.34. The molecule has 20 heavy (non-hydrogen) atoms. The second-order valence-electron chi connectivity index (χ2n) is 5.34. The normalized spacial score (nSPS) is 19.9. The molecular weight excluding hydrogens is 248 g/mol. The van der Waals surface area contributed by atoms with Gasteiger partial charge in [-0.25, -0.2) is 0 Å². The Bertz CT molecular complexity index is 539. The molecule has 0 radical (unpaired) electrons. The van der Waals surface area contributed by atoms with Crippen molar-refractivity contribution in [2.75, 3.05) is 19.7 Å². The molecule has 2 heterocycles. The van der Waals surface area contributed by atoms with Gasteiger partial charge in [0.1, 0.15) is 6.10 Å². The highest BCUT2D eigenvalue weighted by Crippen LogP contribution is 2.21. The predicted octanol–water partition coefficient (Wildman–Crippen LogP) is 2.96. The lowest BCUT2D eigenvalue weighted by atomic mass is 10.1. The Morgan fingerprint density at radius 1 is 1.20 bits per heavy atom. The third kappa shape index (κ3) is 3.24. The minimum Gasteiger partial charge on any atom is -0.369 e. The first-order valence-corrected chi connectivity index (χ1v) is 7.12. The fourth-order valence-corrected chi connectivity index (χ4v) is 2.54. The number of aromatic nitrogens is 1. The lowest BCUT2D eigenvalue weighted by Gasteiger charge is -2.32. The third-order valence-corrected chi connectivity index (χ3v) is 3.66. The Kier molecular flexibility index (Phi) is 4.09. The zero-order valence-corrected chi connectivity index (χ0v) is 11.8. The maximum absolute atomic E-state index is 5.87. The SMILES string of the molecule is Cc1ccc(C2CN(Cc3ccccc3)CCO2)nc1. The Morgan fingerprint density at radius 3 is 2.80 bits per heavy atom. The first kappa shape index (κ1) is 13.3. The Labute approximate surface area is 120 Å². The van der Waals surface area contributed by atoms with Gasteiger partial charge in [0.25, 0.3) is 0 Å². The third-order valence-electron chi connectivity index (χ3n) is 3.66. The van der Waals surface area contributed by atoms with Crippen LogP contribution in [0.3, 0.4) is 0 Å². The average Bonchev–Trinajstić information content (AvgIpc) is 2.49. The first-order valence-electron chi connectivity index (χ1n) is 7.12. The monoisotopic (exact) mass is 268 g/mol. The van der Waals surface area contributed by atoms with Crippen molar-refractivity contribution in [3.63, 3.8) is 0 Å². The molecule has 1 atom stereocenters. The highest BCUT2D eigenvalue weighted by Gasteiger charge is 2.22. The van der Waals surface area contributed by atoms with E-state index < -0.39 is 0 Å². The quantitative estimate of drug-likeness (QED) is 0.855. The molecule has 3 rings (SSSR count). The van der Waals surface area contributed by atoms with E-state index in [1.807, 2.05) is 6.20 Å². The van der Waals surface area contributed by atoms with Crippen LogP contribution in [0.4, 0.5) is 0 Å². The molecule has 0 saturated carbocycles. The van der Waals surface area contributed by atoms with Gasteiger partial charge in [0.2, 0.25) is 0 Å². The van der Waals surface area contributed by atoms with Crippen molar-refractivity contribution in [1.29, 1.82) is 0 Å². The molecule has 3 nitrogen and oxygen atoms in total. The molecule has 3 heteroatoms. The van der Waals surface area contributed by atoms with Crippen LogP contribution in [0.1, 0.15) is 22.9 Å². The molecule has 2 aromatic rings. The lowest BCUT2D eigenvalue weighted by molar-refractivity contribution is -0.0350. The molecule has 0 aliphatic carbocycles. The van der Waals surface area contributed by atoms with E-state index in [0.29, 0.717) is 0 Å². The van der Waals surface area contributed by atoms with Crippen molar-refractivity contribution in [2.45, 2.75) is 19.6 Å². The van der Waals surface area contributed by atoms with Crippen LogP contribution in [0.5, 0.6) is 0 Å². The fourth-order valence-electron chi connectivity index (χ4n) is 2.54. The van der Waals surface area contributed by atoms with Gasteiger partial charge in [-0.3, -0.25) is 9.88 Å². The van der Waals surface area contributed by atoms with E-state index in [-0.39, 0.29) is 6.10 Å². The van der Waals surface area contributed by atoms with Crippen molar-refractivity contribution in [3.8, 4) is 0 Å². The molecule has 1 aliphatic rings. The minimum atomic E-state index is 0.0908. The molecule has 0 spiro atoms. The van der Waals surface area contributed by atoms with Gasteiger partial charge < -0.3 is 4.74 Å². The van der Waals surface area contributed by atoms with E-state index in [9.17, 15) is 0 Å². The molecule has 1 fully saturated rings. The van der Waals surface area contributed by atoms with E-state index in [1.54, 1.807) is 0 Å². The van der Waals surface area contributed by atoms with Crippen LogP contribution >= 0.6 is 0 Å². The van der Waals surface area contributed by atoms with E-state index in [1.165, 1.54) is 11.1 Å². The molecule has 1 aromatic carbocycles. The van der Waals surface area contributed by atoms with Crippen LogP contribution in [0, 0.1) is 6.92 Å². The smallest absolute Gasteiger partial charge is 0.112 e. The van der Waals surface area contributed by atoms with Gasteiger partial charge in [-0.2, -0.15) is 0 Å². The zero-order chi connectivity index (χ0) is 13.8. The number of ether oxygens (including phenoxy) is 1. The van der Waals surface area contributed by atoms with Gasteiger partial charge in [-0.05, 0) is 24.1 Å². The Morgan fingerprint density at radius 2 is 2.05 bits per heavy atom. The molecule has 104 valence electrons. The Hall–Kier alpha value is -1.71. The molecule has 1 saturated heterocycles. The van der Waals surface area contributed by atoms with Crippen LogP contribution in [0.25, 0.3) is 0 Å². The summed E-state index contributed by atoms with van der Waals surface area (Å²) in [6, 6.07) is 14.8. The van der Waals surface area contributed by atoms with Crippen LogP contribution in [-0.2, 0) is 11.3 Å². The largest absolute Gasteiger partial charge is 0.369 e. The van der Waals surface area contributed by atoms with E-state index in [2.05, 4.69) is 59.3 Å². The van der Waals surface area contributed by atoms with Gasteiger partial charge >= 0.3 is 0 Å². The number of pyridine rings is 1. The molecule has 1 aromatic heterocycles. The summed E-state index contributed by atoms with van der Waals surface area (Å²) in [5.41, 5.74) is 3.57. The van der Waals surface area contributed by atoms with Crippen LogP contribution in [0.2, 0.25) is 0 Å². The van der Waals surface area contributed by atoms with Crippen molar-refractivity contribution < 1.29 is 4.74 Å².